The number of nitrogens with one attached hydrogen (secondary N) is 1. The van der Waals surface area contributed by atoms with Crippen LogP contribution in [-0.4, -0.2) is 12.5 Å². The third-order valence-corrected chi connectivity index (χ3v) is 5.52. The molecule has 7 heteroatoms. The molecule has 1 aromatic carbocycles. The van der Waals surface area contributed by atoms with Crippen LogP contribution in [0.15, 0.2) is 38.6 Å². The molecule has 1 heterocycles. The molecule has 0 aliphatic rings. The summed E-state index contributed by atoms with van der Waals surface area (Å²) in [5.74, 6) is 0.344. The number of nitriles is 1. The highest BCUT2D eigenvalue weighted by molar-refractivity contribution is 9.13. The van der Waals surface area contributed by atoms with Gasteiger partial charge in [-0.25, -0.2) is 0 Å². The van der Waals surface area contributed by atoms with Crippen LogP contribution in [0.5, 0.6) is 5.75 Å². The van der Waals surface area contributed by atoms with Crippen molar-refractivity contribution in [3.8, 4) is 11.8 Å². The summed E-state index contributed by atoms with van der Waals surface area (Å²) >= 11 is 8.04. The fourth-order valence-electron chi connectivity index (χ4n) is 1.43. The van der Waals surface area contributed by atoms with Crippen LogP contribution < -0.4 is 10.1 Å². The lowest BCUT2D eigenvalue weighted by Crippen LogP contribution is -2.10. The number of halogens is 2. The lowest BCUT2D eigenvalue weighted by molar-refractivity contribution is 0.103. The fourth-order valence-corrected chi connectivity index (χ4v) is 3.36. The number of ether oxygens (including phenoxy) is 1. The fraction of sp³-hybridized carbons (Fsp3) is 0.0769. The van der Waals surface area contributed by atoms with Crippen LogP contribution in [-0.2, 0) is 0 Å². The standard InChI is InChI=1S/C13H8Br2N2O2S/c14-10-7-11(20-12(10)15)13(18)17-8-2-1-3-9(6-8)19-5-4-16/h1-3,6-7H,5H2,(H,17,18). The number of carbonyl (C=O) groups is 1. The quantitative estimate of drug-likeness (QED) is 0.803. The molecular weight excluding hydrogens is 408 g/mol. The van der Waals surface area contributed by atoms with Gasteiger partial charge in [0.1, 0.15) is 11.8 Å². The van der Waals surface area contributed by atoms with Gasteiger partial charge in [0.2, 0.25) is 0 Å². The summed E-state index contributed by atoms with van der Waals surface area (Å²) in [5, 5.41) is 11.2. The Kier molecular flexibility index (Phi) is 5.17. The molecule has 0 bridgehead atoms. The van der Waals surface area contributed by atoms with E-state index in [1.54, 1.807) is 30.3 Å². The second-order valence-electron chi connectivity index (χ2n) is 3.66. The van der Waals surface area contributed by atoms with Gasteiger partial charge in [-0.1, -0.05) is 6.07 Å². The monoisotopic (exact) mass is 414 g/mol. The van der Waals surface area contributed by atoms with Gasteiger partial charge in [-0.05, 0) is 50.1 Å². The molecule has 2 rings (SSSR count). The van der Waals surface area contributed by atoms with E-state index in [2.05, 4.69) is 37.2 Å². The van der Waals surface area contributed by atoms with E-state index in [0.29, 0.717) is 16.3 Å². The SMILES string of the molecule is N#CCOc1cccc(NC(=O)c2cc(Br)c(Br)s2)c1. The van der Waals surface area contributed by atoms with Crippen molar-refractivity contribution in [2.45, 2.75) is 0 Å². The summed E-state index contributed by atoms with van der Waals surface area (Å²) in [6.07, 6.45) is 0. The first-order valence-corrected chi connectivity index (χ1v) is 7.86. The van der Waals surface area contributed by atoms with Crippen molar-refractivity contribution in [2.75, 3.05) is 11.9 Å². The molecule has 2 aromatic rings. The van der Waals surface area contributed by atoms with Gasteiger partial charge in [0.25, 0.3) is 5.91 Å². The molecule has 0 radical (unpaired) electrons. The predicted octanol–water partition coefficient (Wildman–Crippen LogP) is 4.43. The number of thiophene rings is 1. The van der Waals surface area contributed by atoms with E-state index in [1.807, 2.05) is 6.07 Å². The van der Waals surface area contributed by atoms with Gasteiger partial charge < -0.3 is 10.1 Å². The molecule has 1 N–H and O–H groups in total. The van der Waals surface area contributed by atoms with E-state index in [-0.39, 0.29) is 12.5 Å². The zero-order chi connectivity index (χ0) is 14.5. The minimum atomic E-state index is -0.196. The zero-order valence-corrected chi connectivity index (χ0v) is 14.0. The number of carbonyl (C=O) groups excluding carboxylic acids is 1. The van der Waals surface area contributed by atoms with Crippen molar-refractivity contribution in [2.24, 2.45) is 0 Å². The molecule has 20 heavy (non-hydrogen) atoms. The molecule has 0 aliphatic carbocycles. The number of hydrogen-bond acceptors (Lipinski definition) is 4. The van der Waals surface area contributed by atoms with Crippen molar-refractivity contribution in [1.82, 2.24) is 0 Å². The van der Waals surface area contributed by atoms with E-state index in [0.717, 1.165) is 8.26 Å². The summed E-state index contributed by atoms with van der Waals surface area (Å²) in [5.41, 5.74) is 0.617. The minimum absolute atomic E-state index is 0.0256. The smallest absolute Gasteiger partial charge is 0.265 e. The van der Waals surface area contributed by atoms with Crippen molar-refractivity contribution < 1.29 is 9.53 Å². The Hall–Kier alpha value is -1.36. The Bertz CT molecular complexity index is 660. The Labute approximate surface area is 136 Å². The van der Waals surface area contributed by atoms with Gasteiger partial charge >= 0.3 is 0 Å². The van der Waals surface area contributed by atoms with Crippen LogP contribution >= 0.6 is 43.2 Å². The normalized spacial score (nSPS) is 9.85. The van der Waals surface area contributed by atoms with Gasteiger partial charge in [-0.2, -0.15) is 5.26 Å². The largest absolute Gasteiger partial charge is 0.479 e. The van der Waals surface area contributed by atoms with Gasteiger partial charge in [0.05, 0.1) is 8.66 Å². The Morgan fingerprint density at radius 1 is 1.40 bits per heavy atom. The molecular formula is C13H8Br2N2O2S. The van der Waals surface area contributed by atoms with Gasteiger partial charge in [-0.15, -0.1) is 11.3 Å². The number of nitrogens with zero attached hydrogens (tertiary/aromatic N) is 1. The molecule has 1 aromatic heterocycles. The molecule has 0 fully saturated rings. The maximum atomic E-state index is 12.1. The first kappa shape index (κ1) is 15.0. The lowest BCUT2D eigenvalue weighted by Gasteiger charge is -2.06. The molecule has 1 amide bonds. The summed E-state index contributed by atoms with van der Waals surface area (Å²) in [4.78, 5) is 12.7. The van der Waals surface area contributed by atoms with Gasteiger partial charge in [0.15, 0.2) is 6.61 Å². The van der Waals surface area contributed by atoms with Crippen LogP contribution in [0.3, 0.4) is 0 Å². The zero-order valence-electron chi connectivity index (χ0n) is 10.0. The number of hydrogen-bond donors (Lipinski definition) is 1. The molecule has 0 aliphatic heterocycles. The van der Waals surface area contributed by atoms with Gasteiger partial charge in [0, 0.05) is 16.2 Å². The summed E-state index contributed by atoms with van der Waals surface area (Å²) < 4.78 is 6.90. The number of amides is 1. The third-order valence-electron chi connectivity index (χ3n) is 2.26. The average Bonchev–Trinajstić information content (AvgIpc) is 2.77. The predicted molar refractivity (Wildman–Crippen MR) is 85.2 cm³/mol. The Morgan fingerprint density at radius 3 is 2.85 bits per heavy atom. The van der Waals surface area contributed by atoms with Crippen LogP contribution in [0.2, 0.25) is 0 Å². The second-order valence-corrected chi connectivity index (χ2v) is 6.89. The number of anilines is 1. The molecule has 0 atom stereocenters. The van der Waals surface area contributed by atoms with E-state index in [1.165, 1.54) is 11.3 Å². The van der Waals surface area contributed by atoms with Crippen molar-refractivity contribution >= 4 is 54.8 Å². The lowest BCUT2D eigenvalue weighted by atomic mass is 10.3. The molecule has 0 spiro atoms. The first-order valence-electron chi connectivity index (χ1n) is 5.46. The minimum Gasteiger partial charge on any atom is -0.479 e. The van der Waals surface area contributed by atoms with Crippen molar-refractivity contribution in [3.05, 3.63) is 43.5 Å². The highest BCUT2D eigenvalue weighted by Crippen LogP contribution is 2.32. The van der Waals surface area contributed by atoms with Crippen molar-refractivity contribution in [1.29, 1.82) is 5.26 Å². The van der Waals surface area contributed by atoms with Crippen molar-refractivity contribution in [3.63, 3.8) is 0 Å². The Balaban J connectivity index is 2.09. The molecule has 0 saturated carbocycles. The summed E-state index contributed by atoms with van der Waals surface area (Å²) in [7, 11) is 0. The van der Waals surface area contributed by atoms with Crippen LogP contribution in [0.4, 0.5) is 5.69 Å². The van der Waals surface area contributed by atoms with E-state index >= 15 is 0 Å². The Morgan fingerprint density at radius 2 is 2.20 bits per heavy atom. The number of benzene rings is 1. The second kappa shape index (κ2) is 6.88. The average molecular weight is 416 g/mol. The van der Waals surface area contributed by atoms with E-state index < -0.39 is 0 Å². The highest BCUT2D eigenvalue weighted by Gasteiger charge is 2.12. The molecule has 0 unspecified atom stereocenters. The highest BCUT2D eigenvalue weighted by atomic mass is 79.9. The molecule has 4 nitrogen and oxygen atoms in total. The topological polar surface area (TPSA) is 62.1 Å². The van der Waals surface area contributed by atoms with Crippen LogP contribution in [0.25, 0.3) is 0 Å². The van der Waals surface area contributed by atoms with Crippen LogP contribution in [0.1, 0.15) is 9.67 Å². The van der Waals surface area contributed by atoms with Gasteiger partial charge in [-0.3, -0.25) is 4.79 Å². The molecule has 102 valence electrons. The summed E-state index contributed by atoms with van der Waals surface area (Å²) in [6.45, 7) is -0.0256. The number of rotatable bonds is 4. The first-order chi connectivity index (χ1) is 9.60. The van der Waals surface area contributed by atoms with E-state index in [9.17, 15) is 4.79 Å². The summed E-state index contributed by atoms with van der Waals surface area (Å²) in [6, 6.07) is 10.6. The third kappa shape index (κ3) is 3.82. The molecule has 0 saturated heterocycles. The van der Waals surface area contributed by atoms with E-state index in [4.69, 9.17) is 10.00 Å². The van der Waals surface area contributed by atoms with Crippen LogP contribution in [0, 0.1) is 11.3 Å². The maximum absolute atomic E-state index is 12.1. The maximum Gasteiger partial charge on any atom is 0.265 e.